The lowest BCUT2D eigenvalue weighted by Gasteiger charge is -2.14. The van der Waals surface area contributed by atoms with E-state index in [-0.39, 0.29) is 5.91 Å². The first kappa shape index (κ1) is 17.2. The normalized spacial score (nSPS) is 15.8. The predicted molar refractivity (Wildman–Crippen MR) is 105 cm³/mol. The zero-order valence-electron chi connectivity index (χ0n) is 14.4. The average molecular weight is 352 g/mol. The van der Waals surface area contributed by atoms with E-state index in [2.05, 4.69) is 31.3 Å². The number of anilines is 1. The van der Waals surface area contributed by atoms with Gasteiger partial charge in [-0.1, -0.05) is 44.2 Å². The Labute approximate surface area is 153 Å². The Hall–Kier alpha value is -2.66. The molecule has 1 heterocycles. The van der Waals surface area contributed by atoms with Crippen molar-refractivity contribution in [3.63, 3.8) is 0 Å². The highest BCUT2D eigenvalue weighted by Crippen LogP contribution is 2.26. The van der Waals surface area contributed by atoms with Crippen LogP contribution in [0.3, 0.4) is 0 Å². The minimum Gasteiger partial charge on any atom is -0.497 e. The Morgan fingerprint density at radius 3 is 2.52 bits per heavy atom. The smallest absolute Gasteiger partial charge is 0.281 e. The summed E-state index contributed by atoms with van der Waals surface area (Å²) in [4.78, 5) is 14.2. The topological polar surface area (TPSA) is 41.6 Å². The van der Waals surface area contributed by atoms with Gasteiger partial charge in [0.05, 0.1) is 12.8 Å². The third kappa shape index (κ3) is 3.56. The summed E-state index contributed by atoms with van der Waals surface area (Å²) in [7, 11) is 1.59. The largest absolute Gasteiger partial charge is 0.497 e. The van der Waals surface area contributed by atoms with Crippen LogP contribution in [0.25, 0.3) is 6.08 Å². The van der Waals surface area contributed by atoms with Crippen molar-refractivity contribution in [3.8, 4) is 5.75 Å². The summed E-state index contributed by atoms with van der Waals surface area (Å²) >= 11 is 5.34. The number of nitrogens with zero attached hydrogens (tertiary/aromatic N) is 1. The predicted octanol–water partition coefficient (Wildman–Crippen LogP) is 4.08. The van der Waals surface area contributed by atoms with Crippen molar-refractivity contribution in [1.29, 1.82) is 0 Å². The molecule has 1 fully saturated rings. The average Bonchev–Trinajstić information content (AvgIpc) is 2.89. The van der Waals surface area contributed by atoms with Crippen LogP contribution >= 0.6 is 12.2 Å². The number of nitrogens with one attached hydrogen (secondary N) is 1. The maximum Gasteiger partial charge on any atom is 0.281 e. The van der Waals surface area contributed by atoms with Gasteiger partial charge in [0.1, 0.15) is 11.4 Å². The molecule has 0 aromatic heterocycles. The molecule has 3 rings (SSSR count). The number of hydrogen-bond acceptors (Lipinski definition) is 3. The van der Waals surface area contributed by atoms with Crippen molar-refractivity contribution in [1.82, 2.24) is 5.32 Å². The van der Waals surface area contributed by atoms with Gasteiger partial charge < -0.3 is 10.1 Å². The zero-order valence-corrected chi connectivity index (χ0v) is 15.3. The maximum absolute atomic E-state index is 12.8. The molecule has 1 saturated heterocycles. The Bertz CT molecular complexity index is 841. The van der Waals surface area contributed by atoms with Crippen LogP contribution in [0.4, 0.5) is 5.69 Å². The van der Waals surface area contributed by atoms with E-state index >= 15 is 0 Å². The van der Waals surface area contributed by atoms with Crippen molar-refractivity contribution >= 4 is 35.0 Å². The Kier molecular flexibility index (Phi) is 4.86. The first-order valence-corrected chi connectivity index (χ1v) is 8.51. The lowest BCUT2D eigenvalue weighted by atomic mass is 10.0. The van der Waals surface area contributed by atoms with Crippen molar-refractivity contribution in [2.45, 2.75) is 19.8 Å². The van der Waals surface area contributed by atoms with Crippen LogP contribution in [-0.4, -0.2) is 18.1 Å². The summed E-state index contributed by atoms with van der Waals surface area (Å²) in [5, 5.41) is 3.37. The highest BCUT2D eigenvalue weighted by Gasteiger charge is 2.32. The summed E-state index contributed by atoms with van der Waals surface area (Å²) < 4.78 is 5.22. The lowest BCUT2D eigenvalue weighted by Crippen LogP contribution is -2.30. The minimum atomic E-state index is -0.175. The number of methoxy groups -OCH3 is 1. The van der Waals surface area contributed by atoms with Gasteiger partial charge in [0.2, 0.25) is 0 Å². The van der Waals surface area contributed by atoms with E-state index in [0.29, 0.717) is 28.2 Å². The fourth-order valence-corrected chi connectivity index (χ4v) is 2.96. The van der Waals surface area contributed by atoms with E-state index in [1.54, 1.807) is 13.2 Å². The van der Waals surface area contributed by atoms with E-state index in [0.717, 1.165) is 5.56 Å². The summed E-state index contributed by atoms with van der Waals surface area (Å²) in [6, 6.07) is 15.4. The fraction of sp³-hybridized carbons (Fsp3) is 0.200. The minimum absolute atomic E-state index is 0.175. The third-order valence-electron chi connectivity index (χ3n) is 4.10. The molecule has 1 amide bonds. The molecule has 0 spiro atoms. The van der Waals surface area contributed by atoms with Gasteiger partial charge in [0.15, 0.2) is 5.11 Å². The summed E-state index contributed by atoms with van der Waals surface area (Å²) in [5.74, 6) is 0.977. The number of carbonyl (C=O) groups is 1. The van der Waals surface area contributed by atoms with Crippen LogP contribution in [0.2, 0.25) is 0 Å². The van der Waals surface area contributed by atoms with Gasteiger partial charge >= 0.3 is 0 Å². The first-order valence-electron chi connectivity index (χ1n) is 8.10. The second-order valence-electron chi connectivity index (χ2n) is 6.15. The number of benzene rings is 2. The van der Waals surface area contributed by atoms with E-state index in [1.807, 2.05) is 36.4 Å². The quantitative estimate of drug-likeness (QED) is 0.665. The molecular weight excluding hydrogens is 332 g/mol. The van der Waals surface area contributed by atoms with Crippen LogP contribution in [-0.2, 0) is 4.79 Å². The van der Waals surface area contributed by atoms with Gasteiger partial charge in [-0.15, -0.1) is 0 Å². The van der Waals surface area contributed by atoms with Crippen LogP contribution in [0.1, 0.15) is 30.9 Å². The van der Waals surface area contributed by atoms with Gasteiger partial charge in [-0.25, -0.2) is 0 Å². The highest BCUT2D eigenvalue weighted by atomic mass is 32.1. The summed E-state index contributed by atoms with van der Waals surface area (Å²) in [5.41, 5.74) is 3.36. The first-order chi connectivity index (χ1) is 12.0. The van der Waals surface area contributed by atoms with E-state index in [1.165, 1.54) is 10.5 Å². The monoisotopic (exact) mass is 352 g/mol. The fourth-order valence-electron chi connectivity index (χ4n) is 2.66. The number of hydrogen-bond donors (Lipinski definition) is 1. The van der Waals surface area contributed by atoms with Crippen LogP contribution in [0.15, 0.2) is 54.2 Å². The zero-order chi connectivity index (χ0) is 18.0. The second-order valence-corrected chi connectivity index (χ2v) is 6.54. The highest BCUT2D eigenvalue weighted by molar-refractivity contribution is 7.80. The van der Waals surface area contributed by atoms with Crippen LogP contribution in [0, 0.1) is 0 Å². The molecular formula is C20H20N2O2S. The maximum atomic E-state index is 12.8. The van der Waals surface area contributed by atoms with E-state index < -0.39 is 0 Å². The molecule has 5 heteroatoms. The molecule has 0 radical (unpaired) electrons. The molecule has 25 heavy (non-hydrogen) atoms. The summed E-state index contributed by atoms with van der Waals surface area (Å²) in [6.07, 6.45) is 1.82. The van der Waals surface area contributed by atoms with Gasteiger partial charge in [-0.3, -0.25) is 9.69 Å². The van der Waals surface area contributed by atoms with Crippen molar-refractivity contribution in [2.24, 2.45) is 0 Å². The van der Waals surface area contributed by atoms with Crippen molar-refractivity contribution in [2.75, 3.05) is 12.0 Å². The second kappa shape index (κ2) is 7.07. The molecule has 0 saturated carbocycles. The van der Waals surface area contributed by atoms with Gasteiger partial charge in [-0.2, -0.15) is 0 Å². The lowest BCUT2D eigenvalue weighted by molar-refractivity contribution is -0.113. The SMILES string of the molecule is COc1cccc(N2C(=O)/C(=C\c3ccc(C(C)C)cc3)NC2=S)c1. The van der Waals surface area contributed by atoms with Gasteiger partial charge in [-0.05, 0) is 47.5 Å². The molecule has 128 valence electrons. The van der Waals surface area contributed by atoms with E-state index in [9.17, 15) is 4.79 Å². The van der Waals surface area contributed by atoms with Crippen LogP contribution in [0.5, 0.6) is 5.75 Å². The number of carbonyl (C=O) groups excluding carboxylic acids is 1. The van der Waals surface area contributed by atoms with Crippen molar-refractivity contribution < 1.29 is 9.53 Å². The molecule has 2 aromatic carbocycles. The molecule has 2 aromatic rings. The molecule has 1 aliphatic rings. The molecule has 4 nitrogen and oxygen atoms in total. The van der Waals surface area contributed by atoms with Crippen LogP contribution < -0.4 is 15.0 Å². The number of amides is 1. The third-order valence-corrected chi connectivity index (χ3v) is 4.39. The molecule has 0 unspecified atom stereocenters. The Morgan fingerprint density at radius 1 is 1.16 bits per heavy atom. The number of ether oxygens (including phenoxy) is 1. The van der Waals surface area contributed by atoms with E-state index in [4.69, 9.17) is 17.0 Å². The number of rotatable bonds is 4. The summed E-state index contributed by atoms with van der Waals surface area (Å²) in [6.45, 7) is 4.31. The Morgan fingerprint density at radius 2 is 1.88 bits per heavy atom. The molecule has 0 bridgehead atoms. The molecule has 0 aliphatic carbocycles. The van der Waals surface area contributed by atoms with Gasteiger partial charge in [0, 0.05) is 6.07 Å². The van der Waals surface area contributed by atoms with Gasteiger partial charge in [0.25, 0.3) is 5.91 Å². The molecule has 0 atom stereocenters. The molecule has 1 N–H and O–H groups in total. The van der Waals surface area contributed by atoms with Crippen molar-refractivity contribution in [3.05, 3.63) is 65.4 Å². The Balaban J connectivity index is 1.87. The number of thiocarbonyl (C=S) groups is 1. The standard InChI is InChI=1S/C20H20N2O2S/c1-13(2)15-9-7-14(8-10-15)11-18-19(23)22(20(25)21-18)16-5-4-6-17(12-16)24-3/h4-13H,1-3H3,(H,21,25)/b18-11+. The molecule has 1 aliphatic heterocycles.